The van der Waals surface area contributed by atoms with Gasteiger partial charge in [0.1, 0.15) is 0 Å². The summed E-state index contributed by atoms with van der Waals surface area (Å²) in [5.74, 6) is 0.0659. The molecule has 0 aromatic heterocycles. The summed E-state index contributed by atoms with van der Waals surface area (Å²) >= 11 is 0. The molecule has 0 amide bonds. The number of carbonyl (C=O) groups excluding carboxylic acids is 2. The minimum absolute atomic E-state index is 0.191. The van der Waals surface area contributed by atoms with Gasteiger partial charge in [-0.1, -0.05) is 24.3 Å². The van der Waals surface area contributed by atoms with Crippen LogP contribution in [0, 0.1) is 6.92 Å². The van der Waals surface area contributed by atoms with Crippen molar-refractivity contribution in [2.45, 2.75) is 20.8 Å². The number of nitrogens with zero attached hydrogens (tertiary/aromatic N) is 1. The van der Waals surface area contributed by atoms with Gasteiger partial charge in [0, 0.05) is 12.5 Å². The standard InChI is InChI=1S/C21H19NO5/c1-4-25-19-12-15(9-10-18(19)26-14(3)23)11-17-21(24)27-20(22-17)16-8-6-5-7-13(16)2/h5-12H,4H2,1-3H3. The van der Waals surface area contributed by atoms with Crippen molar-refractivity contribution in [2.75, 3.05) is 6.61 Å². The minimum atomic E-state index is -0.518. The number of ether oxygens (including phenoxy) is 3. The Labute approximate surface area is 157 Å². The predicted molar refractivity (Wildman–Crippen MR) is 101 cm³/mol. The average molecular weight is 365 g/mol. The molecule has 0 saturated heterocycles. The molecule has 0 N–H and O–H groups in total. The Morgan fingerprint density at radius 2 is 1.96 bits per heavy atom. The van der Waals surface area contributed by atoms with Crippen LogP contribution in [0.15, 0.2) is 53.2 Å². The third-order valence-corrected chi connectivity index (χ3v) is 3.82. The van der Waals surface area contributed by atoms with E-state index < -0.39 is 11.9 Å². The van der Waals surface area contributed by atoms with E-state index in [1.165, 1.54) is 6.92 Å². The normalized spacial score (nSPS) is 14.7. The first-order valence-corrected chi connectivity index (χ1v) is 8.51. The van der Waals surface area contributed by atoms with E-state index in [1.54, 1.807) is 24.3 Å². The second-order valence-corrected chi connectivity index (χ2v) is 5.88. The fraction of sp³-hybridized carbons (Fsp3) is 0.190. The summed E-state index contributed by atoms with van der Waals surface area (Å²) in [6.07, 6.45) is 1.60. The molecule has 6 heteroatoms. The summed E-state index contributed by atoms with van der Waals surface area (Å²) in [5.41, 5.74) is 2.61. The second-order valence-electron chi connectivity index (χ2n) is 5.88. The molecule has 1 aliphatic rings. The number of rotatable bonds is 5. The van der Waals surface area contributed by atoms with Crippen molar-refractivity contribution in [1.82, 2.24) is 0 Å². The zero-order chi connectivity index (χ0) is 19.4. The average Bonchev–Trinajstić information content (AvgIpc) is 2.98. The van der Waals surface area contributed by atoms with Gasteiger partial charge >= 0.3 is 11.9 Å². The van der Waals surface area contributed by atoms with Crippen LogP contribution >= 0.6 is 0 Å². The molecule has 0 fully saturated rings. The quantitative estimate of drug-likeness (QED) is 0.459. The Balaban J connectivity index is 1.93. The molecule has 2 aromatic rings. The maximum atomic E-state index is 12.2. The number of hydrogen-bond acceptors (Lipinski definition) is 6. The lowest BCUT2D eigenvalue weighted by molar-refractivity contribution is -0.132. The van der Waals surface area contributed by atoms with Crippen LogP contribution in [-0.4, -0.2) is 24.4 Å². The first-order valence-electron chi connectivity index (χ1n) is 8.51. The smallest absolute Gasteiger partial charge is 0.363 e. The summed E-state index contributed by atoms with van der Waals surface area (Å²) in [4.78, 5) is 27.7. The van der Waals surface area contributed by atoms with E-state index in [4.69, 9.17) is 14.2 Å². The summed E-state index contributed by atoms with van der Waals surface area (Å²) < 4.78 is 16.0. The van der Waals surface area contributed by atoms with Crippen molar-refractivity contribution >= 4 is 23.9 Å². The molecule has 0 saturated carbocycles. The zero-order valence-corrected chi connectivity index (χ0v) is 15.3. The number of cyclic esters (lactones) is 1. The number of aliphatic imine (C=N–C) groups is 1. The molecule has 0 spiro atoms. The third-order valence-electron chi connectivity index (χ3n) is 3.82. The first kappa shape index (κ1) is 18.4. The van der Waals surface area contributed by atoms with Gasteiger partial charge in [0.05, 0.1) is 6.61 Å². The van der Waals surface area contributed by atoms with Crippen molar-refractivity contribution in [3.05, 3.63) is 64.9 Å². The highest BCUT2D eigenvalue weighted by Crippen LogP contribution is 2.30. The lowest BCUT2D eigenvalue weighted by Crippen LogP contribution is -2.06. The maximum absolute atomic E-state index is 12.2. The van der Waals surface area contributed by atoms with Crippen LogP contribution in [0.1, 0.15) is 30.5 Å². The SMILES string of the molecule is CCOc1cc(C=C2N=C(c3ccccc3C)OC2=O)ccc1OC(C)=O. The minimum Gasteiger partial charge on any atom is -0.490 e. The highest BCUT2D eigenvalue weighted by Gasteiger charge is 2.25. The van der Waals surface area contributed by atoms with E-state index in [9.17, 15) is 9.59 Å². The molecule has 138 valence electrons. The fourth-order valence-electron chi connectivity index (χ4n) is 2.62. The third kappa shape index (κ3) is 4.23. The molecule has 27 heavy (non-hydrogen) atoms. The van der Waals surface area contributed by atoms with Gasteiger partial charge in [-0.05, 0) is 49.2 Å². The number of esters is 2. The molecule has 6 nitrogen and oxygen atoms in total. The van der Waals surface area contributed by atoms with E-state index in [2.05, 4.69) is 4.99 Å². The van der Waals surface area contributed by atoms with Crippen LogP contribution in [0.5, 0.6) is 11.5 Å². The largest absolute Gasteiger partial charge is 0.490 e. The monoisotopic (exact) mass is 365 g/mol. The lowest BCUT2D eigenvalue weighted by atomic mass is 10.1. The van der Waals surface area contributed by atoms with Crippen LogP contribution < -0.4 is 9.47 Å². The van der Waals surface area contributed by atoms with E-state index in [0.717, 1.165) is 11.1 Å². The molecule has 0 radical (unpaired) electrons. The topological polar surface area (TPSA) is 74.2 Å². The van der Waals surface area contributed by atoms with E-state index >= 15 is 0 Å². The van der Waals surface area contributed by atoms with Crippen molar-refractivity contribution in [3.8, 4) is 11.5 Å². The first-order chi connectivity index (χ1) is 13.0. The zero-order valence-electron chi connectivity index (χ0n) is 15.3. The van der Waals surface area contributed by atoms with Crippen molar-refractivity contribution in [3.63, 3.8) is 0 Å². The van der Waals surface area contributed by atoms with Crippen LogP contribution in [-0.2, 0) is 14.3 Å². The number of benzene rings is 2. The number of hydrogen-bond donors (Lipinski definition) is 0. The highest BCUT2D eigenvalue weighted by atomic mass is 16.6. The molecule has 0 bridgehead atoms. The summed E-state index contributed by atoms with van der Waals surface area (Å²) in [6.45, 7) is 5.49. The van der Waals surface area contributed by atoms with Crippen LogP contribution in [0.25, 0.3) is 6.08 Å². The lowest BCUT2D eigenvalue weighted by Gasteiger charge is -2.10. The van der Waals surface area contributed by atoms with Gasteiger partial charge in [0.2, 0.25) is 5.90 Å². The Kier molecular flexibility index (Phi) is 5.35. The molecule has 1 heterocycles. The van der Waals surface area contributed by atoms with Crippen LogP contribution in [0.2, 0.25) is 0 Å². The summed E-state index contributed by atoms with van der Waals surface area (Å²) in [7, 11) is 0. The fourth-order valence-corrected chi connectivity index (χ4v) is 2.62. The van der Waals surface area contributed by atoms with Crippen LogP contribution in [0.3, 0.4) is 0 Å². The number of aryl methyl sites for hydroxylation is 1. The van der Waals surface area contributed by atoms with Crippen molar-refractivity contribution in [1.29, 1.82) is 0 Å². The Morgan fingerprint density at radius 1 is 1.19 bits per heavy atom. The number of carbonyl (C=O) groups is 2. The van der Waals surface area contributed by atoms with Gasteiger partial charge in [0.15, 0.2) is 17.2 Å². The van der Waals surface area contributed by atoms with E-state index in [-0.39, 0.29) is 11.6 Å². The van der Waals surface area contributed by atoms with Gasteiger partial charge in [-0.2, -0.15) is 0 Å². The van der Waals surface area contributed by atoms with Gasteiger partial charge in [-0.3, -0.25) is 4.79 Å². The Morgan fingerprint density at radius 3 is 2.67 bits per heavy atom. The summed E-state index contributed by atoms with van der Waals surface area (Å²) in [5, 5.41) is 0. The van der Waals surface area contributed by atoms with Gasteiger partial charge < -0.3 is 14.2 Å². The molecule has 0 unspecified atom stereocenters. The van der Waals surface area contributed by atoms with Gasteiger partial charge in [-0.25, -0.2) is 9.79 Å². The molecular formula is C21H19NO5. The van der Waals surface area contributed by atoms with E-state index in [0.29, 0.717) is 23.7 Å². The Bertz CT molecular complexity index is 959. The molecule has 2 aromatic carbocycles. The predicted octanol–water partition coefficient (Wildman–Crippen LogP) is 3.66. The van der Waals surface area contributed by atoms with Crippen LogP contribution in [0.4, 0.5) is 0 Å². The molecule has 1 aliphatic heterocycles. The van der Waals surface area contributed by atoms with E-state index in [1.807, 2.05) is 38.1 Å². The maximum Gasteiger partial charge on any atom is 0.363 e. The van der Waals surface area contributed by atoms with Crippen molar-refractivity contribution in [2.24, 2.45) is 4.99 Å². The molecular weight excluding hydrogens is 346 g/mol. The summed E-state index contributed by atoms with van der Waals surface area (Å²) in [6, 6.07) is 12.6. The van der Waals surface area contributed by atoms with Crippen molar-refractivity contribution < 1.29 is 23.8 Å². The second kappa shape index (κ2) is 7.86. The van der Waals surface area contributed by atoms with Gasteiger partial charge in [0.25, 0.3) is 0 Å². The molecule has 0 aliphatic carbocycles. The highest BCUT2D eigenvalue weighted by molar-refractivity contribution is 6.13. The Hall–Kier alpha value is -3.41. The van der Waals surface area contributed by atoms with Gasteiger partial charge in [-0.15, -0.1) is 0 Å². The molecule has 3 rings (SSSR count). The molecule has 0 atom stereocenters.